The molecule has 2 N–H and O–H groups in total. The average Bonchev–Trinajstić information content (AvgIpc) is 3.00. The molecule has 1 fully saturated rings. The van der Waals surface area contributed by atoms with Crippen LogP contribution >= 0.6 is 0 Å². The van der Waals surface area contributed by atoms with Gasteiger partial charge in [-0.05, 0) is 13.0 Å². The van der Waals surface area contributed by atoms with Crippen LogP contribution in [0.15, 0.2) is 27.9 Å². The van der Waals surface area contributed by atoms with Gasteiger partial charge >= 0.3 is 0 Å². The van der Waals surface area contributed by atoms with E-state index in [1.165, 1.54) is 0 Å². The van der Waals surface area contributed by atoms with E-state index in [1.54, 1.807) is 12.4 Å². The van der Waals surface area contributed by atoms with Crippen molar-refractivity contribution in [2.24, 2.45) is 10.7 Å². The van der Waals surface area contributed by atoms with E-state index in [2.05, 4.69) is 29.7 Å². The fraction of sp³-hybridized carbons (Fsp3) is 0.500. The summed E-state index contributed by atoms with van der Waals surface area (Å²) in [4.78, 5) is 21.6. The number of aliphatic imine (C=N–C) groups is 1. The normalized spacial score (nSPS) is 15.8. The third-order valence-corrected chi connectivity index (χ3v) is 4.06. The minimum absolute atomic E-state index is 0.423. The Hall–Kier alpha value is -2.64. The third-order valence-electron chi connectivity index (χ3n) is 4.06. The molecular weight excluding hydrogens is 306 g/mol. The molecular formula is C16H23N7O. The lowest BCUT2D eigenvalue weighted by atomic mass is 10.3. The maximum absolute atomic E-state index is 6.13. The molecule has 1 saturated heterocycles. The van der Waals surface area contributed by atoms with Crippen LogP contribution < -0.4 is 10.6 Å². The van der Waals surface area contributed by atoms with Crippen LogP contribution in [0.1, 0.15) is 24.3 Å². The summed E-state index contributed by atoms with van der Waals surface area (Å²) in [6.45, 7) is 7.60. The molecule has 2 aromatic heterocycles. The smallest absolute Gasteiger partial charge is 0.225 e. The minimum Gasteiger partial charge on any atom is -0.443 e. The quantitative estimate of drug-likeness (QED) is 0.659. The summed E-state index contributed by atoms with van der Waals surface area (Å²) in [5.41, 5.74) is 7.02. The molecule has 0 amide bonds. The predicted molar refractivity (Wildman–Crippen MR) is 91.8 cm³/mol. The van der Waals surface area contributed by atoms with Crippen molar-refractivity contribution in [3.05, 3.63) is 35.8 Å². The number of hydrogen-bond donors (Lipinski definition) is 1. The van der Waals surface area contributed by atoms with Crippen LogP contribution in [0.3, 0.4) is 0 Å². The van der Waals surface area contributed by atoms with Gasteiger partial charge in [-0.25, -0.2) is 19.9 Å². The highest BCUT2D eigenvalue weighted by atomic mass is 16.4. The lowest BCUT2D eigenvalue weighted by Gasteiger charge is -2.35. The van der Waals surface area contributed by atoms with Gasteiger partial charge < -0.3 is 20.0 Å². The van der Waals surface area contributed by atoms with Gasteiger partial charge in [0.25, 0.3) is 0 Å². The van der Waals surface area contributed by atoms with Gasteiger partial charge in [0.15, 0.2) is 11.9 Å². The van der Waals surface area contributed by atoms with Gasteiger partial charge in [0.1, 0.15) is 12.3 Å². The summed E-state index contributed by atoms with van der Waals surface area (Å²) in [7, 11) is 0. The lowest BCUT2D eigenvalue weighted by Crippen LogP contribution is -2.51. The van der Waals surface area contributed by atoms with Crippen molar-refractivity contribution in [2.45, 2.75) is 26.8 Å². The van der Waals surface area contributed by atoms with E-state index in [9.17, 15) is 0 Å². The molecule has 3 heterocycles. The van der Waals surface area contributed by atoms with Crippen LogP contribution in [0.5, 0.6) is 0 Å². The number of nitrogens with zero attached hydrogens (tertiary/aromatic N) is 6. The van der Waals surface area contributed by atoms with E-state index in [0.717, 1.165) is 55.9 Å². The molecule has 0 aromatic carbocycles. The standard InChI is InChI=1S/C16H23N7O/c1-3-14-21-12(2)13(24-14)11-20-15(17)22-7-9-23(10-8-22)16-18-5-4-6-19-16/h4-6H,3,7-11H2,1-2H3,(H2,17,20). The number of anilines is 1. The fourth-order valence-corrected chi connectivity index (χ4v) is 2.63. The van der Waals surface area contributed by atoms with Gasteiger partial charge in [-0.1, -0.05) is 6.92 Å². The molecule has 0 bridgehead atoms. The number of nitrogens with two attached hydrogens (primary N) is 1. The number of guanidine groups is 1. The van der Waals surface area contributed by atoms with Gasteiger partial charge in [0, 0.05) is 45.0 Å². The van der Waals surface area contributed by atoms with Crippen molar-refractivity contribution in [1.29, 1.82) is 0 Å². The Bertz CT molecular complexity index is 690. The third kappa shape index (κ3) is 3.64. The van der Waals surface area contributed by atoms with Crippen LogP contribution in [-0.4, -0.2) is 52.0 Å². The summed E-state index contributed by atoms with van der Waals surface area (Å²) < 4.78 is 5.66. The van der Waals surface area contributed by atoms with Crippen LogP contribution in [-0.2, 0) is 13.0 Å². The van der Waals surface area contributed by atoms with E-state index in [1.807, 2.05) is 19.9 Å². The number of rotatable bonds is 4. The zero-order valence-electron chi connectivity index (χ0n) is 14.1. The van der Waals surface area contributed by atoms with Crippen LogP contribution in [0.2, 0.25) is 0 Å². The fourth-order valence-electron chi connectivity index (χ4n) is 2.63. The van der Waals surface area contributed by atoms with E-state index < -0.39 is 0 Å². The second-order valence-electron chi connectivity index (χ2n) is 5.67. The first kappa shape index (κ1) is 16.2. The predicted octanol–water partition coefficient (Wildman–Crippen LogP) is 0.972. The first-order valence-corrected chi connectivity index (χ1v) is 8.19. The van der Waals surface area contributed by atoms with Crippen LogP contribution in [0.4, 0.5) is 5.95 Å². The Kier molecular flexibility index (Phi) is 4.93. The second-order valence-corrected chi connectivity index (χ2v) is 5.67. The number of oxazole rings is 1. The topological polar surface area (TPSA) is 96.7 Å². The van der Waals surface area contributed by atoms with E-state index in [4.69, 9.17) is 10.2 Å². The minimum atomic E-state index is 0.423. The van der Waals surface area contributed by atoms with E-state index in [0.29, 0.717) is 12.5 Å². The van der Waals surface area contributed by atoms with E-state index in [-0.39, 0.29) is 0 Å². The number of hydrogen-bond acceptors (Lipinski definition) is 6. The summed E-state index contributed by atoms with van der Waals surface area (Å²) in [5.74, 6) is 2.83. The molecule has 0 radical (unpaired) electrons. The van der Waals surface area contributed by atoms with Crippen molar-refractivity contribution < 1.29 is 4.42 Å². The second kappa shape index (κ2) is 7.29. The number of aromatic nitrogens is 3. The van der Waals surface area contributed by atoms with Crippen molar-refractivity contribution in [2.75, 3.05) is 31.1 Å². The molecule has 3 rings (SSSR count). The maximum Gasteiger partial charge on any atom is 0.225 e. The Balaban J connectivity index is 1.56. The summed E-state index contributed by atoms with van der Waals surface area (Å²) >= 11 is 0. The Labute approximate surface area is 141 Å². The highest BCUT2D eigenvalue weighted by Crippen LogP contribution is 2.13. The summed E-state index contributed by atoms with van der Waals surface area (Å²) in [6, 6.07) is 1.82. The maximum atomic E-state index is 6.13. The Morgan fingerprint density at radius 3 is 2.58 bits per heavy atom. The molecule has 0 spiro atoms. The highest BCUT2D eigenvalue weighted by Gasteiger charge is 2.20. The SMILES string of the molecule is CCc1nc(C)c(CN=C(N)N2CCN(c3ncccn3)CC2)o1. The first-order valence-electron chi connectivity index (χ1n) is 8.19. The van der Waals surface area contributed by atoms with Gasteiger partial charge in [-0.3, -0.25) is 0 Å². The Morgan fingerprint density at radius 1 is 1.25 bits per heavy atom. The molecule has 8 heteroatoms. The summed E-state index contributed by atoms with van der Waals surface area (Å²) in [6.07, 6.45) is 4.30. The molecule has 0 unspecified atom stereocenters. The molecule has 0 saturated carbocycles. The zero-order valence-corrected chi connectivity index (χ0v) is 14.1. The van der Waals surface area contributed by atoms with Crippen LogP contribution in [0.25, 0.3) is 0 Å². The number of aryl methyl sites for hydroxylation is 2. The van der Waals surface area contributed by atoms with Gasteiger partial charge in [0.05, 0.1) is 5.69 Å². The largest absolute Gasteiger partial charge is 0.443 e. The van der Waals surface area contributed by atoms with Crippen LogP contribution in [0, 0.1) is 6.92 Å². The number of piperazine rings is 1. The molecule has 1 aliphatic heterocycles. The molecule has 1 aliphatic rings. The molecule has 128 valence electrons. The summed E-state index contributed by atoms with van der Waals surface area (Å²) in [5, 5.41) is 0. The molecule has 2 aromatic rings. The molecule has 0 atom stereocenters. The molecule has 24 heavy (non-hydrogen) atoms. The van der Waals surface area contributed by atoms with Crippen molar-refractivity contribution in [1.82, 2.24) is 19.9 Å². The highest BCUT2D eigenvalue weighted by molar-refractivity contribution is 5.78. The first-order chi connectivity index (χ1) is 11.7. The van der Waals surface area contributed by atoms with Crippen molar-refractivity contribution >= 4 is 11.9 Å². The van der Waals surface area contributed by atoms with Gasteiger partial charge in [-0.2, -0.15) is 0 Å². The van der Waals surface area contributed by atoms with E-state index >= 15 is 0 Å². The van der Waals surface area contributed by atoms with Crippen molar-refractivity contribution in [3.63, 3.8) is 0 Å². The van der Waals surface area contributed by atoms with Gasteiger partial charge in [-0.15, -0.1) is 0 Å². The molecule has 8 nitrogen and oxygen atoms in total. The zero-order chi connectivity index (χ0) is 16.9. The van der Waals surface area contributed by atoms with Gasteiger partial charge in [0.2, 0.25) is 5.95 Å². The Morgan fingerprint density at radius 2 is 1.96 bits per heavy atom. The monoisotopic (exact) mass is 329 g/mol. The van der Waals surface area contributed by atoms with Crippen molar-refractivity contribution in [3.8, 4) is 0 Å². The average molecular weight is 329 g/mol. The molecule has 0 aliphatic carbocycles. The lowest BCUT2D eigenvalue weighted by molar-refractivity contribution is 0.377.